The Balaban J connectivity index is 1.03. The number of thiophene rings is 1. The van der Waals surface area contributed by atoms with E-state index in [0.717, 1.165) is 74.4 Å². The molecule has 11 aromatic carbocycles. The Morgan fingerprint density at radius 3 is 1.78 bits per heavy atom. The average molecular weight is 952 g/mol. The molecule has 4 nitrogen and oxygen atoms in total. The smallest absolute Gasteiger partial charge is 0.130 e. The minimum atomic E-state index is 0.200. The van der Waals surface area contributed by atoms with Gasteiger partial charge in [-0.2, -0.15) is 0 Å². The molecule has 2 aromatic heterocycles. The van der Waals surface area contributed by atoms with Gasteiger partial charge in [-0.25, -0.2) is 0 Å². The summed E-state index contributed by atoms with van der Waals surface area (Å²) >= 11 is 1.85. The minimum Gasteiger partial charge on any atom is -0.461 e. The summed E-state index contributed by atoms with van der Waals surface area (Å²) in [5, 5.41) is 9.84. The molecule has 1 atom stereocenters. The minimum absolute atomic E-state index is 0.200. The zero-order valence-electron chi connectivity index (χ0n) is 39.7. The van der Waals surface area contributed by atoms with Gasteiger partial charge in [0.15, 0.2) is 0 Å². The summed E-state index contributed by atoms with van der Waals surface area (Å²) in [5.41, 5.74) is 13.4. The van der Waals surface area contributed by atoms with Crippen molar-refractivity contribution in [2.75, 3.05) is 9.80 Å². The Labute approximate surface area is 426 Å². The summed E-state index contributed by atoms with van der Waals surface area (Å²) in [5.74, 6) is 2.16. The maximum atomic E-state index is 6.67. The third kappa shape index (κ3) is 6.73. The molecule has 2 aliphatic rings. The monoisotopic (exact) mass is 951 g/mol. The first-order chi connectivity index (χ1) is 36.2. The van der Waals surface area contributed by atoms with Gasteiger partial charge in [0.25, 0.3) is 0 Å². The van der Waals surface area contributed by atoms with Crippen molar-refractivity contribution in [3.8, 4) is 16.9 Å². The first-order valence-corrected chi connectivity index (χ1v) is 25.9. The van der Waals surface area contributed by atoms with Gasteiger partial charge < -0.3 is 19.1 Å². The first kappa shape index (κ1) is 41.6. The lowest BCUT2D eigenvalue weighted by atomic mass is 9.91. The fraction of sp³-hybridized carbons (Fsp3) is 0.0294. The highest BCUT2D eigenvalue weighted by atomic mass is 32.1. The molecule has 0 radical (unpaired) electrons. The summed E-state index contributed by atoms with van der Waals surface area (Å²) in [7, 11) is 0. The summed E-state index contributed by atoms with van der Waals surface area (Å²) in [6.07, 6.45) is 5.58. The molecule has 344 valence electrons. The molecule has 15 rings (SSSR count). The molecule has 1 aliphatic heterocycles. The predicted octanol–water partition coefficient (Wildman–Crippen LogP) is 19.4. The Morgan fingerprint density at radius 2 is 1.04 bits per heavy atom. The molecule has 3 heterocycles. The van der Waals surface area contributed by atoms with E-state index in [-0.39, 0.29) is 5.92 Å². The van der Waals surface area contributed by atoms with E-state index in [1.54, 1.807) is 0 Å². The third-order valence-corrected chi connectivity index (χ3v) is 16.2. The molecule has 0 spiro atoms. The number of fused-ring (bicyclic) bond motifs is 13. The van der Waals surface area contributed by atoms with Crippen LogP contribution >= 0.6 is 11.3 Å². The van der Waals surface area contributed by atoms with E-state index in [1.807, 2.05) is 11.3 Å². The van der Waals surface area contributed by atoms with E-state index in [4.69, 9.17) is 4.74 Å². The zero-order chi connectivity index (χ0) is 48.0. The number of anilines is 6. The number of para-hydroxylation sites is 4. The molecule has 1 unspecified atom stereocenters. The molecule has 0 amide bonds. The predicted molar refractivity (Wildman–Crippen MR) is 309 cm³/mol. The van der Waals surface area contributed by atoms with Crippen molar-refractivity contribution in [2.24, 2.45) is 0 Å². The Kier molecular flexibility index (Phi) is 9.54. The fourth-order valence-corrected chi connectivity index (χ4v) is 12.9. The summed E-state index contributed by atoms with van der Waals surface area (Å²) in [4.78, 5) is 4.83. The molecule has 0 N–H and O–H groups in total. The fourth-order valence-electron chi connectivity index (χ4n) is 11.8. The van der Waals surface area contributed by atoms with E-state index in [9.17, 15) is 0 Å². The number of hydrogen-bond donors (Lipinski definition) is 0. The van der Waals surface area contributed by atoms with Crippen molar-refractivity contribution in [3.63, 3.8) is 0 Å². The number of aromatic nitrogens is 1. The number of benzene rings is 11. The van der Waals surface area contributed by atoms with Gasteiger partial charge in [-0.05, 0) is 125 Å². The molecule has 5 heteroatoms. The molecule has 13 aromatic rings. The highest BCUT2D eigenvalue weighted by molar-refractivity contribution is 7.25. The van der Waals surface area contributed by atoms with Crippen LogP contribution in [-0.4, -0.2) is 4.57 Å². The van der Waals surface area contributed by atoms with Crippen LogP contribution in [0.2, 0.25) is 0 Å². The van der Waals surface area contributed by atoms with E-state index < -0.39 is 0 Å². The van der Waals surface area contributed by atoms with Gasteiger partial charge in [0.2, 0.25) is 0 Å². The summed E-state index contributed by atoms with van der Waals surface area (Å²) in [6.45, 7) is 0. The first-order valence-electron chi connectivity index (χ1n) is 25.1. The van der Waals surface area contributed by atoms with Crippen molar-refractivity contribution in [2.45, 2.75) is 12.3 Å². The number of nitrogens with zero attached hydrogens (tertiary/aromatic N) is 3. The number of rotatable bonds is 8. The summed E-state index contributed by atoms with van der Waals surface area (Å²) in [6, 6.07) is 88.7. The van der Waals surface area contributed by atoms with E-state index in [0.29, 0.717) is 0 Å². The number of hydrogen-bond acceptors (Lipinski definition) is 4. The van der Waals surface area contributed by atoms with Crippen LogP contribution in [0, 0.1) is 0 Å². The van der Waals surface area contributed by atoms with Crippen LogP contribution in [0.5, 0.6) is 5.75 Å². The molecule has 0 saturated heterocycles. The van der Waals surface area contributed by atoms with Crippen molar-refractivity contribution in [1.29, 1.82) is 0 Å². The Hall–Kier alpha value is -9.16. The van der Waals surface area contributed by atoms with Crippen LogP contribution in [0.25, 0.3) is 80.3 Å². The highest BCUT2D eigenvalue weighted by Gasteiger charge is 2.32. The topological polar surface area (TPSA) is 20.6 Å². The van der Waals surface area contributed by atoms with Crippen molar-refractivity contribution >= 4 is 115 Å². The van der Waals surface area contributed by atoms with Gasteiger partial charge in [-0.15, -0.1) is 11.3 Å². The van der Waals surface area contributed by atoms with E-state index in [2.05, 4.69) is 269 Å². The van der Waals surface area contributed by atoms with Gasteiger partial charge >= 0.3 is 0 Å². The highest BCUT2D eigenvalue weighted by Crippen LogP contribution is 2.51. The second kappa shape index (κ2) is 16.7. The SMILES string of the molecule is C1=C2Oc3ccccc3C2CC=C1n1c2cc(-c3cc(N(c4ccccc4)c4ccccc4)cc(N(c4ccccc4)c4ccc5sc6ccccc6c5c4)c3)c3ccccc3c2c2ccc3ccccc3c21. The maximum Gasteiger partial charge on any atom is 0.130 e. The van der Waals surface area contributed by atoms with Crippen LogP contribution in [0.15, 0.2) is 261 Å². The second-order valence-electron chi connectivity index (χ2n) is 19.2. The third-order valence-electron chi connectivity index (χ3n) is 15.0. The van der Waals surface area contributed by atoms with Crippen LogP contribution in [0.3, 0.4) is 0 Å². The van der Waals surface area contributed by atoms with Crippen LogP contribution in [-0.2, 0) is 0 Å². The summed E-state index contributed by atoms with van der Waals surface area (Å²) < 4.78 is 11.8. The Morgan fingerprint density at radius 1 is 0.438 bits per heavy atom. The van der Waals surface area contributed by atoms with Crippen LogP contribution in [0.1, 0.15) is 17.9 Å². The van der Waals surface area contributed by atoms with Gasteiger partial charge in [0.05, 0.1) is 11.0 Å². The lowest BCUT2D eigenvalue weighted by Crippen LogP contribution is -2.13. The lowest BCUT2D eigenvalue weighted by Gasteiger charge is -2.30. The van der Waals surface area contributed by atoms with Gasteiger partial charge in [-0.3, -0.25) is 0 Å². The molecule has 1 aliphatic carbocycles. The normalized spacial score (nSPS) is 14.1. The molecular weight excluding hydrogens is 907 g/mol. The van der Waals surface area contributed by atoms with Gasteiger partial charge in [0.1, 0.15) is 11.5 Å². The molecule has 0 bridgehead atoms. The van der Waals surface area contributed by atoms with Gasteiger partial charge in [0, 0.05) is 93.7 Å². The van der Waals surface area contributed by atoms with Crippen molar-refractivity contribution in [1.82, 2.24) is 4.57 Å². The second-order valence-corrected chi connectivity index (χ2v) is 20.3. The lowest BCUT2D eigenvalue weighted by molar-refractivity contribution is 0.425. The zero-order valence-corrected chi connectivity index (χ0v) is 40.5. The van der Waals surface area contributed by atoms with Gasteiger partial charge in [-0.1, -0.05) is 158 Å². The molecular formula is C68H45N3OS. The van der Waals surface area contributed by atoms with Crippen molar-refractivity contribution in [3.05, 3.63) is 266 Å². The van der Waals surface area contributed by atoms with Crippen LogP contribution < -0.4 is 14.5 Å². The molecule has 73 heavy (non-hydrogen) atoms. The standard InChI is InChI=1S/C68H45N3OS/c1-4-19-46(20-5-1)69(47-21-6-2-7-22-47)51-38-45(39-52(40-51)70(48-23-8-3-9-24-48)49-34-37-66-61(41-49)57-28-15-17-31-65(57)73-66)60-43-62-67(58-29-13-12-26-54(58)60)59-35-32-44-18-10-11-25-53(44)68(59)71(62)50-33-36-56-55-27-14-16-30-63(55)72-64(56)42-50/h1-35,37-43,56H,36H2. The van der Waals surface area contributed by atoms with E-state index in [1.165, 1.54) is 63.6 Å². The number of allylic oxidation sites excluding steroid dienone is 4. The molecule has 0 saturated carbocycles. The van der Waals surface area contributed by atoms with E-state index >= 15 is 0 Å². The molecule has 0 fully saturated rings. The maximum absolute atomic E-state index is 6.67. The quantitative estimate of drug-likeness (QED) is 0.151. The largest absolute Gasteiger partial charge is 0.461 e. The van der Waals surface area contributed by atoms with Crippen molar-refractivity contribution < 1.29 is 4.74 Å². The van der Waals surface area contributed by atoms with Crippen LogP contribution in [0.4, 0.5) is 34.1 Å². The average Bonchev–Trinajstić information content (AvgIpc) is 4.13. The number of ether oxygens (including phenoxy) is 1. The Bertz CT molecular complexity index is 4360.